The van der Waals surface area contributed by atoms with E-state index in [0.717, 1.165) is 4.34 Å². The summed E-state index contributed by atoms with van der Waals surface area (Å²) in [7, 11) is 2.16. The quantitative estimate of drug-likeness (QED) is 0.852. The molecular formula is C14H25ClN2S. The number of nitrogens with zero attached hydrogens (tertiary/aromatic N) is 1. The molecule has 0 saturated heterocycles. The van der Waals surface area contributed by atoms with E-state index < -0.39 is 0 Å². The van der Waals surface area contributed by atoms with Gasteiger partial charge in [0, 0.05) is 17.0 Å². The highest BCUT2D eigenvalue weighted by molar-refractivity contribution is 7.16. The minimum absolute atomic E-state index is 0.0966. The van der Waals surface area contributed by atoms with Gasteiger partial charge >= 0.3 is 0 Å². The zero-order chi connectivity index (χ0) is 13.9. The van der Waals surface area contributed by atoms with Crippen LogP contribution in [0, 0.1) is 5.92 Å². The number of halogens is 1. The molecule has 1 aromatic rings. The second-order valence-electron chi connectivity index (χ2n) is 5.59. The summed E-state index contributed by atoms with van der Waals surface area (Å²) < 4.78 is 0.834. The van der Waals surface area contributed by atoms with E-state index >= 15 is 0 Å². The summed E-state index contributed by atoms with van der Waals surface area (Å²) in [6, 6.07) is 4.91. The summed E-state index contributed by atoms with van der Waals surface area (Å²) in [6.07, 6.45) is 1.18. The number of likely N-dealkylation sites (N-methyl/N-ethyl adjacent to an activating group) is 1. The number of thiophene rings is 1. The average Bonchev–Trinajstić information content (AvgIpc) is 2.63. The fourth-order valence-corrected chi connectivity index (χ4v) is 3.77. The van der Waals surface area contributed by atoms with E-state index in [1.165, 1.54) is 11.3 Å². The molecule has 0 aromatic carbocycles. The third-order valence-corrected chi connectivity index (χ3v) is 4.63. The number of nitrogens with two attached hydrogens (primary N) is 1. The van der Waals surface area contributed by atoms with E-state index in [2.05, 4.69) is 45.7 Å². The van der Waals surface area contributed by atoms with Gasteiger partial charge in [0.05, 0.1) is 10.4 Å². The Balaban J connectivity index is 2.85. The maximum Gasteiger partial charge on any atom is 0.0931 e. The van der Waals surface area contributed by atoms with Crippen LogP contribution in [0.15, 0.2) is 12.1 Å². The highest BCUT2D eigenvalue weighted by Gasteiger charge is 2.26. The van der Waals surface area contributed by atoms with Gasteiger partial charge in [0.15, 0.2) is 0 Å². The molecule has 1 heterocycles. The van der Waals surface area contributed by atoms with Crippen molar-refractivity contribution in [1.29, 1.82) is 0 Å². The minimum atomic E-state index is 0.0966. The van der Waals surface area contributed by atoms with Crippen LogP contribution < -0.4 is 5.73 Å². The molecular weight excluding hydrogens is 264 g/mol. The fourth-order valence-electron chi connectivity index (χ4n) is 2.44. The van der Waals surface area contributed by atoms with Crippen molar-refractivity contribution < 1.29 is 0 Å². The standard InChI is InChI=1S/C14H25ClN2S/c1-9(2)8-10(3)17(5)14(11(4)16)12-6-7-13(15)18-12/h6-7,9-11,14H,8,16H2,1-5H3. The van der Waals surface area contributed by atoms with Crippen molar-refractivity contribution in [3.8, 4) is 0 Å². The Hall–Kier alpha value is -0.0900. The van der Waals surface area contributed by atoms with Gasteiger partial charge in [-0.3, -0.25) is 4.90 Å². The summed E-state index contributed by atoms with van der Waals surface area (Å²) >= 11 is 7.67. The molecule has 0 amide bonds. The van der Waals surface area contributed by atoms with Gasteiger partial charge < -0.3 is 5.73 Å². The summed E-state index contributed by atoms with van der Waals surface area (Å²) in [5.41, 5.74) is 6.17. The van der Waals surface area contributed by atoms with Crippen molar-refractivity contribution in [2.75, 3.05) is 7.05 Å². The molecule has 104 valence electrons. The van der Waals surface area contributed by atoms with Crippen LogP contribution in [-0.4, -0.2) is 24.0 Å². The van der Waals surface area contributed by atoms with Crippen molar-refractivity contribution in [2.45, 2.75) is 52.2 Å². The first-order valence-electron chi connectivity index (χ1n) is 6.55. The average molecular weight is 289 g/mol. The van der Waals surface area contributed by atoms with Crippen LogP contribution >= 0.6 is 22.9 Å². The van der Waals surface area contributed by atoms with Crippen molar-refractivity contribution in [3.63, 3.8) is 0 Å². The van der Waals surface area contributed by atoms with Crippen LogP contribution in [0.1, 0.15) is 45.0 Å². The molecule has 0 aliphatic carbocycles. The predicted molar refractivity (Wildman–Crippen MR) is 82.4 cm³/mol. The molecule has 0 bridgehead atoms. The molecule has 2 N–H and O–H groups in total. The van der Waals surface area contributed by atoms with Crippen molar-refractivity contribution in [1.82, 2.24) is 4.90 Å². The van der Waals surface area contributed by atoms with Gasteiger partial charge in [-0.05, 0) is 45.4 Å². The first kappa shape index (κ1) is 16.0. The number of hydrogen-bond acceptors (Lipinski definition) is 3. The van der Waals surface area contributed by atoms with E-state index in [4.69, 9.17) is 17.3 Å². The van der Waals surface area contributed by atoms with Crippen LogP contribution in [0.25, 0.3) is 0 Å². The zero-order valence-corrected chi connectivity index (χ0v) is 13.6. The maximum atomic E-state index is 6.17. The molecule has 2 nitrogen and oxygen atoms in total. The van der Waals surface area contributed by atoms with Crippen LogP contribution in [0.4, 0.5) is 0 Å². The molecule has 0 saturated carbocycles. The van der Waals surface area contributed by atoms with Crippen LogP contribution in [0.3, 0.4) is 0 Å². The smallest absolute Gasteiger partial charge is 0.0931 e. The monoisotopic (exact) mass is 288 g/mol. The third-order valence-electron chi connectivity index (χ3n) is 3.33. The lowest BCUT2D eigenvalue weighted by Gasteiger charge is -2.35. The lowest BCUT2D eigenvalue weighted by atomic mass is 10.00. The summed E-state index contributed by atoms with van der Waals surface area (Å²) in [5, 5.41) is 0. The van der Waals surface area contributed by atoms with Crippen molar-refractivity contribution in [2.24, 2.45) is 11.7 Å². The van der Waals surface area contributed by atoms with Crippen molar-refractivity contribution in [3.05, 3.63) is 21.3 Å². The lowest BCUT2D eigenvalue weighted by Crippen LogP contribution is -2.41. The number of rotatable bonds is 6. The van der Waals surface area contributed by atoms with Crippen LogP contribution in [0.2, 0.25) is 4.34 Å². The van der Waals surface area contributed by atoms with E-state index in [-0.39, 0.29) is 12.1 Å². The Kier molecular flexibility index (Phi) is 6.12. The Bertz CT molecular complexity index is 362. The predicted octanol–water partition coefficient (Wildman–Crippen LogP) is 4.16. The van der Waals surface area contributed by atoms with Gasteiger partial charge in [0.2, 0.25) is 0 Å². The van der Waals surface area contributed by atoms with E-state index in [1.54, 1.807) is 11.3 Å². The van der Waals surface area contributed by atoms with Gasteiger partial charge in [0.25, 0.3) is 0 Å². The molecule has 0 aliphatic rings. The van der Waals surface area contributed by atoms with Crippen LogP contribution in [-0.2, 0) is 0 Å². The Morgan fingerprint density at radius 3 is 2.28 bits per heavy atom. The van der Waals surface area contributed by atoms with Crippen LogP contribution in [0.5, 0.6) is 0 Å². The van der Waals surface area contributed by atoms with Gasteiger partial charge in [-0.2, -0.15) is 0 Å². The van der Waals surface area contributed by atoms with Gasteiger partial charge in [-0.15, -0.1) is 11.3 Å². The fraction of sp³-hybridized carbons (Fsp3) is 0.714. The Morgan fingerprint density at radius 2 is 1.89 bits per heavy atom. The molecule has 3 unspecified atom stereocenters. The maximum absolute atomic E-state index is 6.17. The van der Waals surface area contributed by atoms with Crippen molar-refractivity contribution >= 4 is 22.9 Å². The molecule has 0 radical (unpaired) electrons. The highest BCUT2D eigenvalue weighted by Crippen LogP contribution is 2.33. The van der Waals surface area contributed by atoms with E-state index in [0.29, 0.717) is 12.0 Å². The molecule has 4 heteroatoms. The largest absolute Gasteiger partial charge is 0.326 e. The molecule has 0 fully saturated rings. The van der Waals surface area contributed by atoms with E-state index in [1.807, 2.05) is 6.07 Å². The zero-order valence-electron chi connectivity index (χ0n) is 12.0. The highest BCUT2D eigenvalue weighted by atomic mass is 35.5. The first-order chi connectivity index (χ1) is 8.32. The first-order valence-corrected chi connectivity index (χ1v) is 7.75. The second-order valence-corrected chi connectivity index (χ2v) is 7.34. The molecule has 0 aliphatic heterocycles. The minimum Gasteiger partial charge on any atom is -0.326 e. The normalized spacial score (nSPS) is 17.2. The third kappa shape index (κ3) is 4.23. The second kappa shape index (κ2) is 6.90. The Morgan fingerprint density at radius 1 is 1.28 bits per heavy atom. The summed E-state index contributed by atoms with van der Waals surface area (Å²) in [6.45, 7) is 8.85. The Labute approximate surface area is 120 Å². The SMILES string of the molecule is CC(C)CC(C)N(C)C(c1ccc(Cl)s1)C(C)N. The summed E-state index contributed by atoms with van der Waals surface area (Å²) in [5.74, 6) is 0.697. The summed E-state index contributed by atoms with van der Waals surface area (Å²) in [4.78, 5) is 3.64. The van der Waals surface area contributed by atoms with Gasteiger partial charge in [0.1, 0.15) is 0 Å². The van der Waals surface area contributed by atoms with E-state index in [9.17, 15) is 0 Å². The lowest BCUT2D eigenvalue weighted by molar-refractivity contribution is 0.150. The molecule has 1 rings (SSSR count). The van der Waals surface area contributed by atoms with Gasteiger partial charge in [-0.1, -0.05) is 25.4 Å². The molecule has 1 aromatic heterocycles. The number of hydrogen-bond donors (Lipinski definition) is 1. The van der Waals surface area contributed by atoms with Gasteiger partial charge in [-0.25, -0.2) is 0 Å². The molecule has 18 heavy (non-hydrogen) atoms. The molecule has 3 atom stereocenters. The topological polar surface area (TPSA) is 29.3 Å². The molecule has 0 spiro atoms.